The second kappa shape index (κ2) is 6.13. The first-order valence-electron chi connectivity index (χ1n) is 6.41. The summed E-state index contributed by atoms with van der Waals surface area (Å²) in [4.78, 5) is 4.37. The molecule has 1 heterocycles. The summed E-state index contributed by atoms with van der Waals surface area (Å²) < 4.78 is 0. The molecule has 2 N–H and O–H groups in total. The molecule has 0 fully saturated rings. The molecule has 1 aromatic heterocycles. The SMILES string of the molecule is Cc1ccc(Nc2cnnc(NCC(C)C)n2)cc1. The third kappa shape index (κ3) is 4.21. The van der Waals surface area contributed by atoms with Crippen molar-refractivity contribution < 1.29 is 0 Å². The summed E-state index contributed by atoms with van der Waals surface area (Å²) in [5, 5.41) is 14.3. The van der Waals surface area contributed by atoms with Gasteiger partial charge in [0.1, 0.15) is 0 Å². The Labute approximate surface area is 113 Å². The molecular weight excluding hydrogens is 238 g/mol. The third-order valence-electron chi connectivity index (χ3n) is 2.55. The van der Waals surface area contributed by atoms with E-state index in [-0.39, 0.29) is 0 Å². The van der Waals surface area contributed by atoms with Crippen molar-refractivity contribution in [1.29, 1.82) is 0 Å². The number of nitrogens with zero attached hydrogens (tertiary/aromatic N) is 3. The first kappa shape index (κ1) is 13.3. The highest BCUT2D eigenvalue weighted by molar-refractivity contribution is 5.56. The first-order chi connectivity index (χ1) is 9.13. The normalized spacial score (nSPS) is 10.5. The second-order valence-electron chi connectivity index (χ2n) is 4.93. The van der Waals surface area contributed by atoms with E-state index in [9.17, 15) is 0 Å². The van der Waals surface area contributed by atoms with E-state index in [4.69, 9.17) is 0 Å². The molecule has 0 amide bonds. The fourth-order valence-electron chi connectivity index (χ4n) is 1.52. The van der Waals surface area contributed by atoms with E-state index in [1.165, 1.54) is 5.56 Å². The van der Waals surface area contributed by atoms with Crippen molar-refractivity contribution in [3.05, 3.63) is 36.0 Å². The standard InChI is InChI=1S/C14H19N5/c1-10(2)8-15-14-18-13(9-16-19-14)17-12-6-4-11(3)5-7-12/h4-7,9-10H,8H2,1-3H3,(H2,15,17,18,19). The fraction of sp³-hybridized carbons (Fsp3) is 0.357. The van der Waals surface area contributed by atoms with Gasteiger partial charge in [0, 0.05) is 12.2 Å². The minimum Gasteiger partial charge on any atom is -0.353 e. The van der Waals surface area contributed by atoms with Gasteiger partial charge in [-0.25, -0.2) is 0 Å². The first-order valence-corrected chi connectivity index (χ1v) is 6.41. The molecule has 0 aliphatic rings. The molecule has 5 heteroatoms. The van der Waals surface area contributed by atoms with Crippen LogP contribution in [0.4, 0.5) is 17.5 Å². The average molecular weight is 257 g/mol. The fourth-order valence-corrected chi connectivity index (χ4v) is 1.52. The second-order valence-corrected chi connectivity index (χ2v) is 4.93. The van der Waals surface area contributed by atoms with Crippen molar-refractivity contribution in [2.24, 2.45) is 5.92 Å². The van der Waals surface area contributed by atoms with Crippen molar-refractivity contribution in [3.8, 4) is 0 Å². The van der Waals surface area contributed by atoms with Crippen LogP contribution in [-0.4, -0.2) is 21.7 Å². The van der Waals surface area contributed by atoms with E-state index >= 15 is 0 Å². The molecule has 0 aliphatic carbocycles. The van der Waals surface area contributed by atoms with Crippen LogP contribution in [0.3, 0.4) is 0 Å². The van der Waals surface area contributed by atoms with Gasteiger partial charge in [-0.2, -0.15) is 10.1 Å². The molecule has 1 aromatic carbocycles. The number of benzene rings is 1. The Hall–Kier alpha value is -2.17. The molecule has 0 radical (unpaired) electrons. The molecule has 100 valence electrons. The predicted molar refractivity (Wildman–Crippen MR) is 77.6 cm³/mol. The van der Waals surface area contributed by atoms with Crippen LogP contribution in [0.5, 0.6) is 0 Å². The summed E-state index contributed by atoms with van der Waals surface area (Å²) in [5.74, 6) is 1.77. The molecule has 2 aromatic rings. The minimum atomic E-state index is 0.539. The molecule has 2 rings (SSSR count). The van der Waals surface area contributed by atoms with Gasteiger partial charge in [-0.3, -0.25) is 0 Å². The largest absolute Gasteiger partial charge is 0.353 e. The monoisotopic (exact) mass is 257 g/mol. The molecule has 0 spiro atoms. The van der Waals surface area contributed by atoms with E-state index in [1.807, 2.05) is 12.1 Å². The summed E-state index contributed by atoms with van der Waals surface area (Å²) in [6.07, 6.45) is 1.61. The minimum absolute atomic E-state index is 0.539. The number of anilines is 3. The van der Waals surface area contributed by atoms with Crippen molar-refractivity contribution in [1.82, 2.24) is 15.2 Å². The average Bonchev–Trinajstić information content (AvgIpc) is 2.40. The molecule has 5 nitrogen and oxygen atoms in total. The third-order valence-corrected chi connectivity index (χ3v) is 2.55. The predicted octanol–water partition coefficient (Wildman–Crippen LogP) is 2.99. The van der Waals surface area contributed by atoms with Crippen LogP contribution in [0.2, 0.25) is 0 Å². The van der Waals surface area contributed by atoms with Crippen LogP contribution in [0.25, 0.3) is 0 Å². The van der Waals surface area contributed by atoms with Gasteiger partial charge >= 0.3 is 0 Å². The van der Waals surface area contributed by atoms with Gasteiger partial charge in [0.25, 0.3) is 0 Å². The summed E-state index contributed by atoms with van der Waals surface area (Å²) in [5.41, 5.74) is 2.21. The van der Waals surface area contributed by atoms with Crippen LogP contribution in [0, 0.1) is 12.8 Å². The maximum Gasteiger partial charge on any atom is 0.244 e. The van der Waals surface area contributed by atoms with E-state index in [1.54, 1.807) is 6.20 Å². The number of nitrogens with one attached hydrogen (secondary N) is 2. The number of aromatic nitrogens is 3. The van der Waals surface area contributed by atoms with Gasteiger partial charge in [0.05, 0.1) is 6.20 Å². The lowest BCUT2D eigenvalue weighted by Gasteiger charge is -2.09. The van der Waals surface area contributed by atoms with Gasteiger partial charge in [0.2, 0.25) is 5.95 Å². The molecular formula is C14H19N5. The van der Waals surface area contributed by atoms with Crippen molar-refractivity contribution in [2.75, 3.05) is 17.2 Å². The van der Waals surface area contributed by atoms with Crippen LogP contribution in [0.15, 0.2) is 30.5 Å². The van der Waals surface area contributed by atoms with Gasteiger partial charge in [0.15, 0.2) is 5.82 Å². The Morgan fingerprint density at radius 1 is 1.16 bits per heavy atom. The Balaban J connectivity index is 2.04. The zero-order valence-electron chi connectivity index (χ0n) is 11.5. The zero-order chi connectivity index (χ0) is 13.7. The highest BCUT2D eigenvalue weighted by Crippen LogP contribution is 2.14. The topological polar surface area (TPSA) is 62.7 Å². The molecule has 0 saturated heterocycles. The number of aryl methyl sites for hydroxylation is 1. The van der Waals surface area contributed by atoms with E-state index < -0.39 is 0 Å². The Bertz CT molecular complexity index is 522. The quantitative estimate of drug-likeness (QED) is 0.862. The number of hydrogen-bond acceptors (Lipinski definition) is 5. The molecule has 0 saturated carbocycles. The lowest BCUT2D eigenvalue weighted by Crippen LogP contribution is -2.11. The number of rotatable bonds is 5. The van der Waals surface area contributed by atoms with Gasteiger partial charge < -0.3 is 10.6 Å². The van der Waals surface area contributed by atoms with E-state index in [0.29, 0.717) is 17.7 Å². The van der Waals surface area contributed by atoms with E-state index in [0.717, 1.165) is 12.2 Å². The van der Waals surface area contributed by atoms with Gasteiger partial charge in [-0.1, -0.05) is 31.5 Å². The van der Waals surface area contributed by atoms with Crippen LogP contribution in [0.1, 0.15) is 19.4 Å². The molecule has 0 unspecified atom stereocenters. The maximum absolute atomic E-state index is 4.37. The lowest BCUT2D eigenvalue weighted by molar-refractivity contribution is 0.682. The highest BCUT2D eigenvalue weighted by Gasteiger charge is 2.01. The van der Waals surface area contributed by atoms with Crippen molar-refractivity contribution >= 4 is 17.5 Å². The van der Waals surface area contributed by atoms with Crippen LogP contribution < -0.4 is 10.6 Å². The highest BCUT2D eigenvalue weighted by atomic mass is 15.3. The van der Waals surface area contributed by atoms with Crippen molar-refractivity contribution in [2.45, 2.75) is 20.8 Å². The maximum atomic E-state index is 4.37. The molecule has 0 aliphatic heterocycles. The van der Waals surface area contributed by atoms with Crippen molar-refractivity contribution in [3.63, 3.8) is 0 Å². The smallest absolute Gasteiger partial charge is 0.244 e. The van der Waals surface area contributed by atoms with Gasteiger partial charge in [-0.05, 0) is 25.0 Å². The number of hydrogen-bond donors (Lipinski definition) is 2. The Morgan fingerprint density at radius 3 is 2.58 bits per heavy atom. The van der Waals surface area contributed by atoms with Crippen LogP contribution >= 0.6 is 0 Å². The van der Waals surface area contributed by atoms with E-state index in [2.05, 4.69) is 58.7 Å². The summed E-state index contributed by atoms with van der Waals surface area (Å²) >= 11 is 0. The van der Waals surface area contributed by atoms with Gasteiger partial charge in [-0.15, -0.1) is 5.10 Å². The Morgan fingerprint density at radius 2 is 1.89 bits per heavy atom. The summed E-state index contributed by atoms with van der Waals surface area (Å²) in [7, 11) is 0. The summed E-state index contributed by atoms with van der Waals surface area (Å²) in [6.45, 7) is 7.16. The van der Waals surface area contributed by atoms with Crippen LogP contribution in [-0.2, 0) is 0 Å². The summed E-state index contributed by atoms with van der Waals surface area (Å²) in [6, 6.07) is 8.13. The Kier molecular flexibility index (Phi) is 4.28. The molecule has 0 bridgehead atoms. The lowest BCUT2D eigenvalue weighted by atomic mass is 10.2. The molecule has 19 heavy (non-hydrogen) atoms. The zero-order valence-corrected chi connectivity index (χ0v) is 11.5. The molecule has 0 atom stereocenters.